The van der Waals surface area contributed by atoms with Crippen molar-refractivity contribution in [2.24, 2.45) is 0 Å². The van der Waals surface area contributed by atoms with Crippen molar-refractivity contribution in [1.82, 2.24) is 5.32 Å². The van der Waals surface area contributed by atoms with Crippen LogP contribution in [0.4, 0.5) is 0 Å². The van der Waals surface area contributed by atoms with E-state index in [0.29, 0.717) is 17.3 Å². The van der Waals surface area contributed by atoms with Crippen LogP contribution < -0.4 is 5.32 Å². The quantitative estimate of drug-likeness (QED) is 0.815. The molecule has 0 spiro atoms. The predicted octanol–water partition coefficient (Wildman–Crippen LogP) is 3.38. The molecule has 0 unspecified atom stereocenters. The summed E-state index contributed by atoms with van der Waals surface area (Å²) in [7, 11) is 0. The van der Waals surface area contributed by atoms with Crippen LogP contribution in [0.5, 0.6) is 0 Å². The largest absolute Gasteiger partial charge is 0.392 e. The summed E-state index contributed by atoms with van der Waals surface area (Å²) in [4.78, 5) is 11.8. The van der Waals surface area contributed by atoms with Crippen LogP contribution in [-0.2, 0) is 23.7 Å². The third-order valence-electron chi connectivity index (χ3n) is 3.09. The normalized spacial score (nSPS) is 10.5. The fraction of sp³-hybridized carbons (Fsp3) is 0.235. The van der Waals surface area contributed by atoms with E-state index in [1.54, 1.807) is 11.8 Å². The topological polar surface area (TPSA) is 49.3 Å². The van der Waals surface area contributed by atoms with Crippen LogP contribution in [0.1, 0.15) is 16.7 Å². The number of amides is 1. The summed E-state index contributed by atoms with van der Waals surface area (Å²) in [6.45, 7) is 0.546. The smallest absolute Gasteiger partial charge is 0.230 e. The molecule has 0 radical (unpaired) electrons. The first kappa shape index (κ1) is 16.9. The standard InChI is InChI=1S/C17H18ClNO2S/c18-16-3-1-2-15(8-16)9-19-17(21)12-22-11-14-6-4-13(10-20)5-7-14/h1-8,20H,9-12H2,(H,19,21). The van der Waals surface area contributed by atoms with E-state index in [4.69, 9.17) is 16.7 Å². The molecule has 0 aliphatic heterocycles. The molecule has 0 aliphatic rings. The predicted molar refractivity (Wildman–Crippen MR) is 91.8 cm³/mol. The first-order chi connectivity index (χ1) is 10.7. The molecular weight excluding hydrogens is 318 g/mol. The monoisotopic (exact) mass is 335 g/mol. The molecule has 0 aromatic heterocycles. The van der Waals surface area contributed by atoms with E-state index in [0.717, 1.165) is 22.4 Å². The van der Waals surface area contributed by atoms with Crippen LogP contribution in [0.3, 0.4) is 0 Å². The van der Waals surface area contributed by atoms with Gasteiger partial charge in [0, 0.05) is 17.3 Å². The third-order valence-corrected chi connectivity index (χ3v) is 4.33. The summed E-state index contributed by atoms with van der Waals surface area (Å²) >= 11 is 7.47. The Bertz CT molecular complexity index is 616. The fourth-order valence-corrected chi connectivity index (χ4v) is 2.93. The maximum absolute atomic E-state index is 11.8. The second kappa shape index (κ2) is 8.83. The van der Waals surface area contributed by atoms with Crippen molar-refractivity contribution in [3.8, 4) is 0 Å². The first-order valence-corrected chi connectivity index (χ1v) is 8.48. The van der Waals surface area contributed by atoms with Crippen LogP contribution in [0.25, 0.3) is 0 Å². The Kier molecular flexibility index (Phi) is 6.77. The lowest BCUT2D eigenvalue weighted by molar-refractivity contribution is -0.118. The Morgan fingerprint density at radius 1 is 1.09 bits per heavy atom. The van der Waals surface area contributed by atoms with Crippen molar-refractivity contribution in [3.63, 3.8) is 0 Å². The van der Waals surface area contributed by atoms with Gasteiger partial charge >= 0.3 is 0 Å². The Morgan fingerprint density at radius 3 is 2.50 bits per heavy atom. The van der Waals surface area contributed by atoms with Crippen molar-refractivity contribution >= 4 is 29.3 Å². The van der Waals surface area contributed by atoms with E-state index in [-0.39, 0.29) is 12.5 Å². The van der Waals surface area contributed by atoms with Gasteiger partial charge in [0.1, 0.15) is 0 Å². The van der Waals surface area contributed by atoms with Gasteiger partial charge in [-0.3, -0.25) is 4.79 Å². The Morgan fingerprint density at radius 2 is 1.82 bits per heavy atom. The zero-order valence-electron chi connectivity index (χ0n) is 12.1. The minimum Gasteiger partial charge on any atom is -0.392 e. The SMILES string of the molecule is O=C(CSCc1ccc(CO)cc1)NCc1cccc(Cl)c1. The average Bonchev–Trinajstić information content (AvgIpc) is 2.54. The number of carbonyl (C=O) groups is 1. The molecule has 22 heavy (non-hydrogen) atoms. The van der Waals surface area contributed by atoms with Crippen molar-refractivity contribution in [3.05, 3.63) is 70.2 Å². The molecule has 2 aromatic rings. The summed E-state index contributed by atoms with van der Waals surface area (Å²) in [5, 5.41) is 12.5. The number of nitrogens with one attached hydrogen (secondary N) is 1. The third kappa shape index (κ3) is 5.72. The molecule has 1 amide bonds. The number of hydrogen-bond donors (Lipinski definition) is 2. The highest BCUT2D eigenvalue weighted by atomic mass is 35.5. The molecule has 116 valence electrons. The molecule has 0 aliphatic carbocycles. The van der Waals surface area contributed by atoms with Crippen LogP contribution in [-0.4, -0.2) is 16.8 Å². The van der Waals surface area contributed by atoms with E-state index < -0.39 is 0 Å². The van der Waals surface area contributed by atoms with E-state index in [9.17, 15) is 4.79 Å². The van der Waals surface area contributed by atoms with Crippen LogP contribution in [0.2, 0.25) is 5.02 Å². The summed E-state index contributed by atoms with van der Waals surface area (Å²) in [6.07, 6.45) is 0. The number of thioether (sulfide) groups is 1. The molecular formula is C17H18ClNO2S. The van der Waals surface area contributed by atoms with Crippen LogP contribution >= 0.6 is 23.4 Å². The molecule has 3 nitrogen and oxygen atoms in total. The number of carbonyl (C=O) groups excluding carboxylic acids is 1. The van der Waals surface area contributed by atoms with Gasteiger partial charge in [0.15, 0.2) is 0 Å². The summed E-state index contributed by atoms with van der Waals surface area (Å²) in [5.74, 6) is 1.20. The molecule has 2 N–H and O–H groups in total. The number of benzene rings is 2. The Labute approximate surface area is 139 Å². The number of hydrogen-bond acceptors (Lipinski definition) is 3. The Balaban J connectivity index is 1.69. The molecule has 5 heteroatoms. The van der Waals surface area contributed by atoms with Gasteiger partial charge in [-0.05, 0) is 28.8 Å². The maximum atomic E-state index is 11.8. The van der Waals surface area contributed by atoms with Gasteiger partial charge in [-0.2, -0.15) is 0 Å². The first-order valence-electron chi connectivity index (χ1n) is 6.95. The van der Waals surface area contributed by atoms with E-state index >= 15 is 0 Å². The van der Waals surface area contributed by atoms with Crippen molar-refractivity contribution in [2.75, 3.05) is 5.75 Å². The van der Waals surface area contributed by atoms with Crippen molar-refractivity contribution in [2.45, 2.75) is 18.9 Å². The highest BCUT2D eigenvalue weighted by molar-refractivity contribution is 7.99. The van der Waals surface area contributed by atoms with Gasteiger partial charge in [-0.15, -0.1) is 11.8 Å². The second-order valence-electron chi connectivity index (χ2n) is 4.87. The van der Waals surface area contributed by atoms with E-state index in [1.807, 2.05) is 48.5 Å². The number of aliphatic hydroxyl groups excluding tert-OH is 1. The molecule has 0 saturated heterocycles. The highest BCUT2D eigenvalue weighted by Crippen LogP contribution is 2.13. The van der Waals surface area contributed by atoms with Gasteiger partial charge in [-0.1, -0.05) is 48.0 Å². The van der Waals surface area contributed by atoms with Gasteiger partial charge < -0.3 is 10.4 Å². The minimum atomic E-state index is 0.0111. The van der Waals surface area contributed by atoms with E-state index in [2.05, 4.69) is 5.32 Å². The van der Waals surface area contributed by atoms with Gasteiger partial charge in [0.05, 0.1) is 12.4 Å². The molecule has 0 heterocycles. The Hall–Kier alpha value is -1.49. The molecule has 0 bridgehead atoms. The van der Waals surface area contributed by atoms with Gasteiger partial charge in [-0.25, -0.2) is 0 Å². The molecule has 0 fully saturated rings. The minimum absolute atomic E-state index is 0.0111. The van der Waals surface area contributed by atoms with Gasteiger partial charge in [0.2, 0.25) is 5.91 Å². The summed E-state index contributed by atoms with van der Waals surface area (Å²) in [6, 6.07) is 15.2. The lowest BCUT2D eigenvalue weighted by Crippen LogP contribution is -2.24. The van der Waals surface area contributed by atoms with E-state index in [1.165, 1.54) is 0 Å². The van der Waals surface area contributed by atoms with Gasteiger partial charge in [0.25, 0.3) is 0 Å². The maximum Gasteiger partial charge on any atom is 0.230 e. The second-order valence-corrected chi connectivity index (χ2v) is 6.30. The zero-order valence-corrected chi connectivity index (χ0v) is 13.7. The number of aliphatic hydroxyl groups is 1. The number of halogens is 1. The highest BCUT2D eigenvalue weighted by Gasteiger charge is 2.03. The number of rotatable bonds is 7. The molecule has 0 atom stereocenters. The lowest BCUT2D eigenvalue weighted by Gasteiger charge is -2.06. The van der Waals surface area contributed by atoms with Crippen LogP contribution in [0.15, 0.2) is 48.5 Å². The molecule has 2 rings (SSSR count). The zero-order chi connectivity index (χ0) is 15.8. The summed E-state index contributed by atoms with van der Waals surface area (Å²) < 4.78 is 0. The molecule has 2 aromatic carbocycles. The van der Waals surface area contributed by atoms with Crippen molar-refractivity contribution in [1.29, 1.82) is 0 Å². The average molecular weight is 336 g/mol. The fourth-order valence-electron chi connectivity index (χ4n) is 1.90. The molecule has 0 saturated carbocycles. The van der Waals surface area contributed by atoms with Crippen LogP contribution in [0, 0.1) is 0 Å². The van der Waals surface area contributed by atoms with Crippen molar-refractivity contribution < 1.29 is 9.90 Å². The lowest BCUT2D eigenvalue weighted by atomic mass is 10.2. The summed E-state index contributed by atoms with van der Waals surface area (Å²) in [5.41, 5.74) is 3.03.